The molecule has 0 unspecified atom stereocenters. The van der Waals surface area contributed by atoms with Gasteiger partial charge in [-0.3, -0.25) is 4.74 Å². The number of rotatable bonds is 11. The van der Waals surface area contributed by atoms with Crippen LogP contribution in [0.5, 0.6) is 0 Å². The third kappa shape index (κ3) is 8.78. The van der Waals surface area contributed by atoms with Gasteiger partial charge in [0.15, 0.2) is 0 Å². The molecule has 1 nitrogen and oxygen atoms in total. The van der Waals surface area contributed by atoms with E-state index in [0.29, 0.717) is 0 Å². The summed E-state index contributed by atoms with van der Waals surface area (Å²) in [5.41, 5.74) is 4.06. The maximum absolute atomic E-state index is 5.79. The summed E-state index contributed by atoms with van der Waals surface area (Å²) >= 11 is 0. The Bertz CT molecular complexity index is 707. The first kappa shape index (κ1) is 36.1. The summed E-state index contributed by atoms with van der Waals surface area (Å²) in [5, 5.41) is 0.799. The minimum atomic E-state index is -1.69. The first-order chi connectivity index (χ1) is 15.2. The van der Waals surface area contributed by atoms with Gasteiger partial charge < -0.3 is 0 Å². The molecule has 0 saturated heterocycles. The van der Waals surface area contributed by atoms with E-state index in [2.05, 4.69) is 120 Å². The van der Waals surface area contributed by atoms with E-state index in [9.17, 15) is 0 Å². The van der Waals surface area contributed by atoms with Crippen LogP contribution in [0.25, 0.3) is 0 Å². The van der Waals surface area contributed by atoms with E-state index in [4.69, 9.17) is 4.74 Å². The molecule has 1 rings (SSSR count). The molecule has 0 heterocycles. The predicted molar refractivity (Wildman–Crippen MR) is 157 cm³/mol. The summed E-state index contributed by atoms with van der Waals surface area (Å²) in [5.74, 6) is 0. The van der Waals surface area contributed by atoms with Crippen molar-refractivity contribution < 1.29 is 21.7 Å². The van der Waals surface area contributed by atoms with Crippen LogP contribution >= 0.6 is 7.05 Å². The first-order valence-corrected chi connectivity index (χ1v) is 15.2. The smallest absolute Gasteiger partial charge is 0.0425 e. The van der Waals surface area contributed by atoms with Crippen molar-refractivity contribution in [1.82, 2.24) is 0 Å². The van der Waals surface area contributed by atoms with Gasteiger partial charge in [-0.15, -0.1) is 0 Å². The molecule has 0 aromatic rings. The van der Waals surface area contributed by atoms with Gasteiger partial charge in [-0.05, 0) is 60.1 Å². The number of nitrogens with zero attached hydrogens (tertiary/aromatic N) is 1. The van der Waals surface area contributed by atoms with E-state index < -0.39 is 7.05 Å². The van der Waals surface area contributed by atoms with E-state index in [-0.39, 0.29) is 37.2 Å². The Balaban J connectivity index is 0. The second-order valence-corrected chi connectivity index (χ2v) is 16.8. The van der Waals surface area contributed by atoms with Gasteiger partial charge in [0.2, 0.25) is 0 Å². The molecular weight excluding hydrogens is 465 g/mol. The zero-order valence-electron chi connectivity index (χ0n) is 25.2. The molecule has 196 valence electrons. The summed E-state index contributed by atoms with van der Waals surface area (Å²) in [4.78, 5) is 0. The standard InChI is InChI=1S/C23H44NP.C8H14.Ti/c1-10-17-21(4,5)25(22(6,7)18-11-2,23(8,9)19-12-3)24-20-15-13-14-16-20;1-5-7(3)8(4)6-2;/h13-15H,10-12,16-19H2,1-9H3;5-6H,1-4H3;. The molecule has 0 radical (unpaired) electrons. The maximum atomic E-state index is 5.79. The molecule has 1 aliphatic carbocycles. The number of hydrogen-bond acceptors (Lipinski definition) is 1. The molecule has 0 bridgehead atoms. The van der Waals surface area contributed by atoms with Gasteiger partial charge in [-0.2, -0.15) is 0 Å². The molecule has 0 aliphatic heterocycles. The van der Waals surface area contributed by atoms with Crippen molar-refractivity contribution in [3.05, 3.63) is 47.2 Å². The zero-order chi connectivity index (χ0) is 25.9. The molecule has 0 fully saturated rings. The summed E-state index contributed by atoms with van der Waals surface area (Å²) in [6.45, 7) is 30.6. The van der Waals surface area contributed by atoms with Crippen LogP contribution in [-0.2, 0) is 21.7 Å². The Morgan fingerprint density at radius 2 is 1.15 bits per heavy atom. The average Bonchev–Trinajstić information content (AvgIpc) is 3.23. The Morgan fingerprint density at radius 3 is 1.38 bits per heavy atom. The van der Waals surface area contributed by atoms with Crippen LogP contribution in [0.15, 0.2) is 52.0 Å². The molecule has 0 aromatic heterocycles. The molecule has 1 aliphatic rings. The van der Waals surface area contributed by atoms with Crippen LogP contribution in [0.1, 0.15) is 135 Å². The van der Waals surface area contributed by atoms with E-state index in [1.54, 1.807) is 0 Å². The Hall–Kier alpha value is -0.0957. The van der Waals surface area contributed by atoms with Gasteiger partial charge in [0.05, 0.1) is 0 Å². The maximum Gasteiger partial charge on any atom is 0.0425 e. The number of allylic oxidation sites excluding steroid dienone is 7. The molecule has 0 amide bonds. The van der Waals surface area contributed by atoms with Crippen molar-refractivity contribution in [2.75, 3.05) is 0 Å². The topological polar surface area (TPSA) is 12.4 Å². The largest absolute Gasteiger partial charge is 0.270 e. The van der Waals surface area contributed by atoms with Crippen molar-refractivity contribution in [3.63, 3.8) is 0 Å². The minimum absolute atomic E-state index is 0. The van der Waals surface area contributed by atoms with Crippen LogP contribution in [0, 0.1) is 0 Å². The summed E-state index contributed by atoms with van der Waals surface area (Å²) in [6, 6.07) is 0. The third-order valence-electron chi connectivity index (χ3n) is 7.73. The van der Waals surface area contributed by atoms with E-state index in [1.165, 1.54) is 55.4 Å². The van der Waals surface area contributed by atoms with Gasteiger partial charge in [0, 0.05) is 49.3 Å². The number of hydrogen-bond donors (Lipinski definition) is 0. The van der Waals surface area contributed by atoms with Crippen LogP contribution in [0.3, 0.4) is 0 Å². The van der Waals surface area contributed by atoms with Crippen LogP contribution < -0.4 is 0 Å². The van der Waals surface area contributed by atoms with Gasteiger partial charge in [-0.1, -0.05) is 117 Å². The van der Waals surface area contributed by atoms with Crippen molar-refractivity contribution in [1.29, 1.82) is 0 Å². The second kappa shape index (κ2) is 15.9. The molecular formula is C31H58NPTi. The predicted octanol–water partition coefficient (Wildman–Crippen LogP) is 11.7. The van der Waals surface area contributed by atoms with Gasteiger partial charge in [0.25, 0.3) is 0 Å². The minimum Gasteiger partial charge on any atom is -0.270 e. The fourth-order valence-corrected chi connectivity index (χ4v) is 14.2. The normalized spacial score (nSPS) is 15.4. The Labute approximate surface area is 230 Å². The Morgan fingerprint density at radius 1 is 0.794 bits per heavy atom. The monoisotopic (exact) mass is 523 g/mol. The van der Waals surface area contributed by atoms with Crippen molar-refractivity contribution in [2.24, 2.45) is 4.74 Å². The second-order valence-electron chi connectivity index (χ2n) is 11.7. The van der Waals surface area contributed by atoms with Crippen LogP contribution in [0.4, 0.5) is 0 Å². The van der Waals surface area contributed by atoms with E-state index in [1.807, 2.05) is 0 Å². The summed E-state index contributed by atoms with van der Waals surface area (Å²) < 4.78 is 5.79. The quantitative estimate of drug-likeness (QED) is 0.145. The van der Waals surface area contributed by atoms with Crippen molar-refractivity contribution >= 4 is 7.05 Å². The molecule has 0 atom stereocenters. The molecule has 34 heavy (non-hydrogen) atoms. The van der Waals surface area contributed by atoms with Crippen LogP contribution in [0.2, 0.25) is 0 Å². The molecule has 3 heteroatoms. The zero-order valence-corrected chi connectivity index (χ0v) is 27.7. The SMILES string of the molecule is CC=C(C)C(C)=CC.CCCC(C)(C)P(=NC1=CC=CC1)(C(C)(C)CCC)C(C)(C)CCC.[Ti]. The summed E-state index contributed by atoms with van der Waals surface area (Å²) in [7, 11) is -1.69. The fourth-order valence-electron chi connectivity index (χ4n) is 6.34. The molecule has 0 saturated carbocycles. The fraction of sp³-hybridized carbons (Fsp3) is 0.742. The summed E-state index contributed by atoms with van der Waals surface area (Å²) in [6.07, 6.45) is 19.5. The third-order valence-corrected chi connectivity index (χ3v) is 14.2. The molecule has 0 spiro atoms. The van der Waals surface area contributed by atoms with Crippen molar-refractivity contribution in [2.45, 2.75) is 150 Å². The van der Waals surface area contributed by atoms with Crippen molar-refractivity contribution in [3.8, 4) is 0 Å². The molecule has 0 aromatic carbocycles. The van der Waals surface area contributed by atoms with Crippen LogP contribution in [-0.4, -0.2) is 15.5 Å². The Kier molecular flexibility index (Phi) is 16.9. The first-order valence-electron chi connectivity index (χ1n) is 13.5. The van der Waals surface area contributed by atoms with E-state index >= 15 is 0 Å². The average molecular weight is 524 g/mol. The van der Waals surface area contributed by atoms with Gasteiger partial charge >= 0.3 is 0 Å². The van der Waals surface area contributed by atoms with Gasteiger partial charge in [0.1, 0.15) is 0 Å². The van der Waals surface area contributed by atoms with Gasteiger partial charge in [-0.25, -0.2) is 0 Å². The van der Waals surface area contributed by atoms with E-state index in [0.717, 1.165) is 6.42 Å². The molecule has 0 N–H and O–H groups in total.